The van der Waals surface area contributed by atoms with Crippen molar-refractivity contribution >= 4 is 17.5 Å². The van der Waals surface area contributed by atoms with Crippen molar-refractivity contribution in [2.75, 3.05) is 44.2 Å². The summed E-state index contributed by atoms with van der Waals surface area (Å²) in [7, 11) is 0. The number of carbonyl (C=O) groups excluding carboxylic acids is 2. The minimum Gasteiger partial charge on any atom is -0.341 e. The molecule has 3 aliphatic heterocycles. The van der Waals surface area contributed by atoms with Crippen LogP contribution in [0.25, 0.3) is 0 Å². The lowest BCUT2D eigenvalue weighted by Crippen LogP contribution is -2.61. The third-order valence-electron chi connectivity index (χ3n) is 8.53. The highest BCUT2D eigenvalue weighted by molar-refractivity contribution is 5.97. The largest absolute Gasteiger partial charge is 0.341 e. The number of aromatic nitrogens is 1. The summed E-state index contributed by atoms with van der Waals surface area (Å²) in [5.41, 5.74) is 3.59. The van der Waals surface area contributed by atoms with Crippen molar-refractivity contribution < 1.29 is 14.0 Å². The summed E-state index contributed by atoms with van der Waals surface area (Å²) < 4.78 is 13.3. The number of piperidine rings is 1. The van der Waals surface area contributed by atoms with Gasteiger partial charge in [-0.1, -0.05) is 26.0 Å². The number of likely N-dealkylation sites (tertiary alicyclic amines) is 1. The van der Waals surface area contributed by atoms with Crippen molar-refractivity contribution in [3.05, 3.63) is 59.2 Å². The normalized spacial score (nSPS) is 28.4. The van der Waals surface area contributed by atoms with Gasteiger partial charge in [-0.3, -0.25) is 19.5 Å². The molecule has 6 rings (SSSR count). The average molecular weight is 506 g/mol. The number of benzene rings is 1. The molecule has 8 heteroatoms. The maximum absolute atomic E-state index is 13.8. The number of rotatable bonds is 6. The van der Waals surface area contributed by atoms with Crippen molar-refractivity contribution in [2.24, 2.45) is 11.8 Å². The molecule has 1 N–H and O–H groups in total. The van der Waals surface area contributed by atoms with E-state index in [0.717, 1.165) is 48.6 Å². The number of amides is 2. The number of anilines is 1. The first kappa shape index (κ1) is 24.5. The van der Waals surface area contributed by atoms with Crippen LogP contribution in [0.1, 0.15) is 44.0 Å². The molecule has 0 unspecified atom stereocenters. The van der Waals surface area contributed by atoms with Gasteiger partial charge in [-0.2, -0.15) is 0 Å². The number of carbonyl (C=O) groups is 2. The van der Waals surface area contributed by atoms with E-state index < -0.39 is 0 Å². The van der Waals surface area contributed by atoms with Gasteiger partial charge in [0.05, 0.1) is 17.9 Å². The molecule has 2 saturated heterocycles. The fraction of sp³-hybridized carbons (Fsp3) is 0.552. The molecule has 1 saturated carbocycles. The molecule has 196 valence electrons. The predicted molar refractivity (Wildman–Crippen MR) is 140 cm³/mol. The Morgan fingerprint density at radius 2 is 1.97 bits per heavy atom. The van der Waals surface area contributed by atoms with E-state index in [1.54, 1.807) is 12.1 Å². The second kappa shape index (κ2) is 9.17. The first-order valence-corrected chi connectivity index (χ1v) is 13.5. The fourth-order valence-electron chi connectivity index (χ4n) is 6.38. The zero-order valence-electron chi connectivity index (χ0n) is 21.9. The summed E-state index contributed by atoms with van der Waals surface area (Å²) in [4.78, 5) is 37.4. The molecule has 1 aromatic heterocycles. The highest BCUT2D eigenvalue weighted by atomic mass is 19.1. The topological polar surface area (TPSA) is 68.8 Å². The van der Waals surface area contributed by atoms with Crippen molar-refractivity contribution in [3.8, 4) is 0 Å². The quantitative estimate of drug-likeness (QED) is 0.654. The second-order valence-corrected chi connectivity index (χ2v) is 12.1. The molecule has 7 nitrogen and oxygen atoms in total. The molecule has 4 aliphatic rings. The zero-order valence-corrected chi connectivity index (χ0v) is 21.9. The van der Waals surface area contributed by atoms with E-state index in [4.69, 9.17) is 4.98 Å². The van der Waals surface area contributed by atoms with Crippen LogP contribution in [0.2, 0.25) is 0 Å². The Labute approximate surface area is 218 Å². The third-order valence-corrected chi connectivity index (χ3v) is 8.53. The second-order valence-electron chi connectivity index (χ2n) is 12.1. The Morgan fingerprint density at radius 1 is 1.19 bits per heavy atom. The van der Waals surface area contributed by atoms with Crippen LogP contribution in [-0.2, 0) is 21.4 Å². The van der Waals surface area contributed by atoms with Crippen LogP contribution in [0, 0.1) is 17.7 Å². The van der Waals surface area contributed by atoms with Crippen molar-refractivity contribution in [2.45, 2.75) is 51.1 Å². The predicted octanol–water partition coefficient (Wildman–Crippen LogP) is 2.58. The van der Waals surface area contributed by atoms with E-state index in [1.165, 1.54) is 12.1 Å². The minimum absolute atomic E-state index is 0.0715. The number of nitrogens with one attached hydrogen (secondary N) is 1. The lowest BCUT2D eigenvalue weighted by molar-refractivity contribution is -0.131. The Balaban J connectivity index is 1.19. The summed E-state index contributed by atoms with van der Waals surface area (Å²) in [6, 6.07) is 9.01. The van der Waals surface area contributed by atoms with Gasteiger partial charge < -0.3 is 15.1 Å². The molecule has 1 aliphatic carbocycles. The standard InChI is InChI=1S/C29H36FN5O2/c1-18-13-33(23(12-31-18)15-34-14-21-10-24(21)28(34)37)16-26(36)35-17-29(2,3)27-25(35)9-20(11-32-27)8-19-4-6-22(30)7-5-19/h4-7,9,11,18,21,23-24,31H,8,10,12-17H2,1-3H3/t18-,21+,23-,24+/m1/s1. The SMILES string of the molecule is C[C@@H]1CN(CC(=O)N2CC(C)(C)c3ncc(Cc4ccc(F)cc4)cc32)[C@@H](CN2C[C@@H]3C[C@@H]3C2=O)CN1. The molecule has 0 bridgehead atoms. The lowest BCUT2D eigenvalue weighted by Gasteiger charge is -2.41. The molecule has 2 aromatic rings. The number of pyridine rings is 1. The first-order chi connectivity index (χ1) is 17.7. The van der Waals surface area contributed by atoms with Crippen LogP contribution in [-0.4, -0.2) is 78.0 Å². The highest BCUT2D eigenvalue weighted by Gasteiger charge is 2.52. The van der Waals surface area contributed by atoms with Gasteiger partial charge in [-0.15, -0.1) is 0 Å². The van der Waals surface area contributed by atoms with Gasteiger partial charge in [-0.25, -0.2) is 4.39 Å². The van der Waals surface area contributed by atoms with Crippen LogP contribution in [0.15, 0.2) is 36.5 Å². The van der Waals surface area contributed by atoms with Gasteiger partial charge >= 0.3 is 0 Å². The molecule has 1 aromatic carbocycles. The number of piperazine rings is 1. The van der Waals surface area contributed by atoms with Crippen molar-refractivity contribution in [1.29, 1.82) is 0 Å². The van der Waals surface area contributed by atoms with E-state index in [-0.39, 0.29) is 35.1 Å². The van der Waals surface area contributed by atoms with Crippen LogP contribution >= 0.6 is 0 Å². The monoisotopic (exact) mass is 505 g/mol. The van der Waals surface area contributed by atoms with Gasteiger partial charge in [0.15, 0.2) is 0 Å². The van der Waals surface area contributed by atoms with E-state index in [0.29, 0.717) is 37.9 Å². The van der Waals surface area contributed by atoms with Crippen molar-refractivity contribution in [1.82, 2.24) is 20.1 Å². The number of hydrogen-bond acceptors (Lipinski definition) is 5. The Morgan fingerprint density at radius 3 is 2.70 bits per heavy atom. The smallest absolute Gasteiger partial charge is 0.241 e. The van der Waals surface area contributed by atoms with Gasteiger partial charge in [-0.05, 0) is 55.0 Å². The van der Waals surface area contributed by atoms with Gasteiger partial charge in [0.1, 0.15) is 5.82 Å². The molecule has 0 radical (unpaired) electrons. The van der Waals surface area contributed by atoms with Crippen LogP contribution in [0.5, 0.6) is 0 Å². The Kier molecular flexibility index (Phi) is 6.07. The summed E-state index contributed by atoms with van der Waals surface area (Å²) >= 11 is 0. The summed E-state index contributed by atoms with van der Waals surface area (Å²) in [5.74, 6) is 0.927. The van der Waals surface area contributed by atoms with Gasteiger partial charge in [0.2, 0.25) is 11.8 Å². The van der Waals surface area contributed by atoms with E-state index >= 15 is 0 Å². The van der Waals surface area contributed by atoms with Gasteiger partial charge in [0.25, 0.3) is 0 Å². The Bertz CT molecular complexity index is 1220. The Hall–Kier alpha value is -2.84. The molecule has 37 heavy (non-hydrogen) atoms. The maximum atomic E-state index is 13.8. The van der Waals surface area contributed by atoms with E-state index in [1.807, 2.05) is 16.0 Å². The number of halogens is 1. The molecule has 0 spiro atoms. The summed E-state index contributed by atoms with van der Waals surface area (Å²) in [6.07, 6.45) is 3.56. The average Bonchev–Trinajstić information content (AvgIpc) is 3.49. The molecular weight excluding hydrogens is 469 g/mol. The fourth-order valence-corrected chi connectivity index (χ4v) is 6.38. The molecule has 2 amide bonds. The summed E-state index contributed by atoms with van der Waals surface area (Å²) in [6.45, 7) is 10.4. The van der Waals surface area contributed by atoms with Gasteiger partial charge in [0, 0.05) is 62.3 Å². The van der Waals surface area contributed by atoms with E-state index in [2.05, 4.69) is 37.1 Å². The molecule has 3 fully saturated rings. The highest BCUT2D eigenvalue weighted by Crippen LogP contribution is 2.46. The summed E-state index contributed by atoms with van der Waals surface area (Å²) in [5, 5.41) is 3.54. The molecule has 4 heterocycles. The minimum atomic E-state index is -0.249. The van der Waals surface area contributed by atoms with Crippen molar-refractivity contribution in [3.63, 3.8) is 0 Å². The van der Waals surface area contributed by atoms with Crippen LogP contribution in [0.3, 0.4) is 0 Å². The number of hydrogen-bond donors (Lipinski definition) is 1. The van der Waals surface area contributed by atoms with Crippen LogP contribution < -0.4 is 10.2 Å². The zero-order chi connectivity index (χ0) is 25.9. The van der Waals surface area contributed by atoms with E-state index in [9.17, 15) is 14.0 Å². The number of fused-ring (bicyclic) bond motifs is 2. The maximum Gasteiger partial charge on any atom is 0.241 e. The van der Waals surface area contributed by atoms with Crippen LogP contribution in [0.4, 0.5) is 10.1 Å². The number of nitrogens with zero attached hydrogens (tertiary/aromatic N) is 4. The molecule has 4 atom stereocenters. The lowest BCUT2D eigenvalue weighted by atomic mass is 9.91. The molecular formula is C29H36FN5O2. The third kappa shape index (κ3) is 4.77. The first-order valence-electron chi connectivity index (χ1n) is 13.5.